The van der Waals surface area contributed by atoms with Crippen molar-refractivity contribution in [1.82, 2.24) is 4.90 Å². The second kappa shape index (κ2) is 6.00. The minimum absolute atomic E-state index is 0.291. The van der Waals surface area contributed by atoms with E-state index in [0.717, 1.165) is 19.0 Å². The van der Waals surface area contributed by atoms with E-state index in [1.165, 1.54) is 32.1 Å². The quantitative estimate of drug-likeness (QED) is 0.739. The minimum Gasteiger partial charge on any atom is -0.316 e. The molecular formula is C11H21N3. The Morgan fingerprint density at radius 2 is 2.07 bits per heavy atom. The third kappa shape index (κ3) is 3.65. The number of hydrogen-bond acceptors (Lipinski definition) is 3. The van der Waals surface area contributed by atoms with Crippen LogP contribution in [0.1, 0.15) is 38.5 Å². The highest BCUT2D eigenvalue weighted by atomic mass is 15.1. The van der Waals surface area contributed by atoms with E-state index in [2.05, 4.69) is 18.0 Å². The largest absolute Gasteiger partial charge is 0.316 e. The van der Waals surface area contributed by atoms with Crippen molar-refractivity contribution in [3.05, 3.63) is 0 Å². The second-order valence-corrected chi connectivity index (χ2v) is 4.30. The van der Waals surface area contributed by atoms with Crippen LogP contribution in [-0.2, 0) is 0 Å². The fraction of sp³-hybridized carbons (Fsp3) is 0.909. The van der Waals surface area contributed by atoms with Crippen LogP contribution < -0.4 is 5.73 Å². The molecule has 0 aromatic carbocycles. The highest BCUT2D eigenvalue weighted by Crippen LogP contribution is 2.21. The smallest absolute Gasteiger partial charge is 0.0940 e. The van der Waals surface area contributed by atoms with Crippen molar-refractivity contribution in [2.24, 2.45) is 5.73 Å². The molecule has 2 N–H and O–H groups in total. The molecule has 1 unspecified atom stereocenters. The van der Waals surface area contributed by atoms with Crippen LogP contribution in [0.5, 0.6) is 0 Å². The molecule has 0 amide bonds. The molecule has 0 aromatic heterocycles. The maximum atomic E-state index is 8.56. The highest BCUT2D eigenvalue weighted by Gasteiger charge is 2.17. The predicted octanol–water partition coefficient (Wildman–Crippen LogP) is 1.49. The Morgan fingerprint density at radius 1 is 1.43 bits per heavy atom. The molecule has 0 heterocycles. The minimum atomic E-state index is -0.291. The lowest BCUT2D eigenvalue weighted by Crippen LogP contribution is -2.36. The van der Waals surface area contributed by atoms with Crippen LogP contribution in [0.2, 0.25) is 0 Å². The highest BCUT2D eigenvalue weighted by molar-refractivity contribution is 4.87. The van der Waals surface area contributed by atoms with Crippen molar-refractivity contribution in [2.75, 3.05) is 13.6 Å². The number of nitrogens with zero attached hydrogens (tertiary/aromatic N) is 2. The van der Waals surface area contributed by atoms with Gasteiger partial charge in [-0.05, 0) is 26.3 Å². The van der Waals surface area contributed by atoms with Crippen LogP contribution in [0, 0.1) is 11.3 Å². The first-order valence-corrected chi connectivity index (χ1v) is 5.59. The van der Waals surface area contributed by atoms with Crippen molar-refractivity contribution in [3.63, 3.8) is 0 Å². The van der Waals surface area contributed by atoms with E-state index in [-0.39, 0.29) is 6.04 Å². The summed E-state index contributed by atoms with van der Waals surface area (Å²) in [4.78, 5) is 2.37. The van der Waals surface area contributed by atoms with Crippen molar-refractivity contribution in [1.29, 1.82) is 5.26 Å². The number of rotatable bonds is 4. The number of hydrogen-bond donors (Lipinski definition) is 1. The molecule has 3 heteroatoms. The zero-order chi connectivity index (χ0) is 10.4. The van der Waals surface area contributed by atoms with Crippen LogP contribution in [0.4, 0.5) is 0 Å². The second-order valence-electron chi connectivity index (χ2n) is 4.30. The van der Waals surface area contributed by atoms with Gasteiger partial charge in [-0.3, -0.25) is 0 Å². The summed E-state index contributed by atoms with van der Waals surface area (Å²) >= 11 is 0. The summed E-state index contributed by atoms with van der Waals surface area (Å²) in [5.41, 5.74) is 5.56. The Hall–Kier alpha value is -0.590. The van der Waals surface area contributed by atoms with Gasteiger partial charge >= 0.3 is 0 Å². The van der Waals surface area contributed by atoms with Crippen LogP contribution in [0.15, 0.2) is 0 Å². The maximum absolute atomic E-state index is 8.56. The number of nitriles is 1. The van der Waals surface area contributed by atoms with Crippen LogP contribution >= 0.6 is 0 Å². The first kappa shape index (κ1) is 11.5. The standard InChI is InChI=1S/C11H21N3/c1-14(8-7-10(13)9-12)11-5-3-2-4-6-11/h10-11H,2-8,13H2,1H3. The fourth-order valence-corrected chi connectivity index (χ4v) is 2.11. The van der Waals surface area contributed by atoms with Gasteiger partial charge in [0.2, 0.25) is 0 Å². The van der Waals surface area contributed by atoms with Gasteiger partial charge in [-0.1, -0.05) is 19.3 Å². The van der Waals surface area contributed by atoms with Crippen LogP contribution in [0.25, 0.3) is 0 Å². The summed E-state index contributed by atoms with van der Waals surface area (Å²) < 4.78 is 0. The lowest BCUT2D eigenvalue weighted by molar-refractivity contribution is 0.188. The van der Waals surface area contributed by atoms with Gasteiger partial charge in [0, 0.05) is 12.6 Å². The predicted molar refractivity (Wildman–Crippen MR) is 57.7 cm³/mol. The molecule has 0 bridgehead atoms. The number of nitrogens with two attached hydrogens (primary N) is 1. The van der Waals surface area contributed by atoms with Gasteiger partial charge in [0.25, 0.3) is 0 Å². The molecule has 0 aliphatic heterocycles. The van der Waals surface area contributed by atoms with E-state index < -0.39 is 0 Å². The van der Waals surface area contributed by atoms with E-state index >= 15 is 0 Å². The lowest BCUT2D eigenvalue weighted by atomic mass is 9.94. The normalized spacial score (nSPS) is 20.7. The molecule has 0 radical (unpaired) electrons. The molecule has 0 saturated heterocycles. The maximum Gasteiger partial charge on any atom is 0.0940 e. The van der Waals surface area contributed by atoms with Crippen molar-refractivity contribution >= 4 is 0 Å². The van der Waals surface area contributed by atoms with Gasteiger partial charge in [-0.15, -0.1) is 0 Å². The summed E-state index contributed by atoms with van der Waals surface area (Å²) in [6.07, 6.45) is 7.54. The Balaban J connectivity index is 2.20. The third-order valence-corrected chi connectivity index (χ3v) is 3.16. The van der Waals surface area contributed by atoms with Crippen LogP contribution in [0.3, 0.4) is 0 Å². The molecule has 1 aliphatic carbocycles. The first-order valence-electron chi connectivity index (χ1n) is 5.59. The van der Waals surface area contributed by atoms with Crippen molar-refractivity contribution in [2.45, 2.75) is 50.6 Å². The molecule has 1 aliphatic rings. The van der Waals surface area contributed by atoms with Gasteiger partial charge in [-0.25, -0.2) is 0 Å². The van der Waals surface area contributed by atoms with Gasteiger partial charge in [0.05, 0.1) is 12.1 Å². The molecule has 0 aromatic rings. The van der Waals surface area contributed by atoms with Crippen molar-refractivity contribution < 1.29 is 0 Å². The Morgan fingerprint density at radius 3 is 2.64 bits per heavy atom. The van der Waals surface area contributed by atoms with E-state index in [9.17, 15) is 0 Å². The van der Waals surface area contributed by atoms with Crippen molar-refractivity contribution in [3.8, 4) is 6.07 Å². The summed E-state index contributed by atoms with van der Waals surface area (Å²) in [6, 6.07) is 2.51. The Kier molecular flexibility index (Phi) is 4.92. The summed E-state index contributed by atoms with van der Waals surface area (Å²) in [7, 11) is 2.15. The molecule has 3 nitrogen and oxygen atoms in total. The van der Waals surface area contributed by atoms with E-state index in [0.29, 0.717) is 0 Å². The average molecular weight is 195 g/mol. The SMILES string of the molecule is CN(CCC(N)C#N)C1CCCCC1. The third-order valence-electron chi connectivity index (χ3n) is 3.16. The fourth-order valence-electron chi connectivity index (χ4n) is 2.11. The topological polar surface area (TPSA) is 53.0 Å². The zero-order valence-corrected chi connectivity index (χ0v) is 9.08. The van der Waals surface area contributed by atoms with E-state index in [1.807, 2.05) is 0 Å². The van der Waals surface area contributed by atoms with Gasteiger partial charge < -0.3 is 10.6 Å². The summed E-state index contributed by atoms with van der Waals surface area (Å²) in [5, 5.41) is 8.56. The Labute approximate surface area is 86.9 Å². The molecule has 80 valence electrons. The molecule has 1 rings (SSSR count). The molecule has 1 atom stereocenters. The molecule has 1 saturated carbocycles. The van der Waals surface area contributed by atoms with E-state index in [1.54, 1.807) is 0 Å². The van der Waals surface area contributed by atoms with Gasteiger partial charge in [0.1, 0.15) is 0 Å². The molecular weight excluding hydrogens is 174 g/mol. The monoisotopic (exact) mass is 195 g/mol. The Bertz CT molecular complexity index is 191. The zero-order valence-electron chi connectivity index (χ0n) is 9.08. The lowest BCUT2D eigenvalue weighted by Gasteiger charge is -2.31. The summed E-state index contributed by atoms with van der Waals surface area (Å²) in [6.45, 7) is 0.958. The molecule has 0 spiro atoms. The van der Waals surface area contributed by atoms with E-state index in [4.69, 9.17) is 11.0 Å². The first-order chi connectivity index (χ1) is 6.74. The molecule has 1 fully saturated rings. The van der Waals surface area contributed by atoms with Gasteiger partial charge in [0.15, 0.2) is 0 Å². The average Bonchev–Trinajstić information content (AvgIpc) is 2.26. The molecule has 14 heavy (non-hydrogen) atoms. The summed E-state index contributed by atoms with van der Waals surface area (Å²) in [5.74, 6) is 0. The van der Waals surface area contributed by atoms with Crippen LogP contribution in [-0.4, -0.2) is 30.6 Å². The van der Waals surface area contributed by atoms with Gasteiger partial charge in [-0.2, -0.15) is 5.26 Å².